The first kappa shape index (κ1) is 12.9. The van der Waals surface area contributed by atoms with Crippen molar-refractivity contribution in [2.45, 2.75) is 50.7 Å². The van der Waals surface area contributed by atoms with Crippen LogP contribution in [0.1, 0.15) is 41.6 Å². The van der Waals surface area contributed by atoms with Crippen LogP contribution >= 0.6 is 11.6 Å². The molecule has 2 aliphatic rings. The van der Waals surface area contributed by atoms with E-state index in [1.54, 1.807) is 0 Å². The molecule has 2 bridgehead atoms. The van der Waals surface area contributed by atoms with Gasteiger partial charge >= 0.3 is 0 Å². The number of fused-ring (bicyclic) bond motifs is 2. The fourth-order valence-electron chi connectivity index (χ4n) is 3.29. The summed E-state index contributed by atoms with van der Waals surface area (Å²) in [6.07, 6.45) is 4.57. The maximum atomic E-state index is 12.3. The number of nitrogens with one attached hydrogen (secondary N) is 2. The van der Waals surface area contributed by atoms with Crippen LogP contribution in [0.2, 0.25) is 5.02 Å². The van der Waals surface area contributed by atoms with E-state index in [1.165, 1.54) is 12.8 Å². The predicted octanol–water partition coefficient (Wildman–Crippen LogP) is 2.66. The van der Waals surface area contributed by atoms with Gasteiger partial charge in [-0.1, -0.05) is 17.7 Å². The minimum absolute atomic E-state index is 0.00583. The van der Waals surface area contributed by atoms with Crippen LogP contribution in [0.5, 0.6) is 0 Å². The Labute approximate surface area is 118 Å². The number of carbonyl (C=O) groups excluding carboxylic acids is 1. The van der Waals surface area contributed by atoms with Crippen molar-refractivity contribution in [1.29, 1.82) is 0 Å². The first-order valence-electron chi connectivity index (χ1n) is 6.95. The van der Waals surface area contributed by atoms with Crippen LogP contribution in [-0.2, 0) is 0 Å². The summed E-state index contributed by atoms with van der Waals surface area (Å²) in [5, 5.41) is 7.40. The van der Waals surface area contributed by atoms with Crippen LogP contribution in [0.3, 0.4) is 0 Å². The molecular formula is C15H19ClN2O. The molecule has 0 radical (unpaired) electrons. The number of amides is 1. The lowest BCUT2D eigenvalue weighted by molar-refractivity contribution is 0.0923. The second-order valence-electron chi connectivity index (χ2n) is 5.69. The molecule has 2 aliphatic heterocycles. The Morgan fingerprint density at radius 1 is 1.32 bits per heavy atom. The molecule has 2 N–H and O–H groups in total. The molecule has 2 heterocycles. The van der Waals surface area contributed by atoms with E-state index in [0.717, 1.165) is 18.4 Å². The molecule has 3 rings (SSSR count). The molecule has 19 heavy (non-hydrogen) atoms. The molecule has 0 aromatic heterocycles. The Kier molecular flexibility index (Phi) is 3.50. The van der Waals surface area contributed by atoms with Crippen LogP contribution in [0.4, 0.5) is 0 Å². The molecule has 2 fully saturated rings. The minimum atomic E-state index is 0.00583. The largest absolute Gasteiger partial charge is 0.349 e. The average Bonchev–Trinajstić information content (AvgIpc) is 2.72. The topological polar surface area (TPSA) is 41.1 Å². The summed E-state index contributed by atoms with van der Waals surface area (Å²) in [4.78, 5) is 12.3. The van der Waals surface area contributed by atoms with Crippen molar-refractivity contribution in [1.82, 2.24) is 10.6 Å². The van der Waals surface area contributed by atoms with E-state index in [1.807, 2.05) is 25.1 Å². The second-order valence-corrected chi connectivity index (χ2v) is 6.10. The monoisotopic (exact) mass is 278 g/mol. The fourth-order valence-corrected chi connectivity index (χ4v) is 3.47. The third-order valence-electron chi connectivity index (χ3n) is 4.32. The van der Waals surface area contributed by atoms with E-state index in [0.29, 0.717) is 28.7 Å². The zero-order valence-electron chi connectivity index (χ0n) is 11.1. The maximum Gasteiger partial charge on any atom is 0.251 e. The van der Waals surface area contributed by atoms with Gasteiger partial charge in [-0.05, 0) is 50.3 Å². The number of piperidine rings is 1. The van der Waals surface area contributed by atoms with Crippen molar-refractivity contribution in [2.24, 2.45) is 0 Å². The van der Waals surface area contributed by atoms with Crippen LogP contribution in [0.25, 0.3) is 0 Å². The van der Waals surface area contributed by atoms with E-state index in [2.05, 4.69) is 10.6 Å². The highest BCUT2D eigenvalue weighted by Crippen LogP contribution is 2.27. The Hall–Kier alpha value is -1.06. The van der Waals surface area contributed by atoms with Crippen molar-refractivity contribution in [2.75, 3.05) is 0 Å². The molecule has 102 valence electrons. The minimum Gasteiger partial charge on any atom is -0.349 e. The zero-order valence-corrected chi connectivity index (χ0v) is 11.8. The number of benzene rings is 1. The van der Waals surface area contributed by atoms with Gasteiger partial charge in [0.25, 0.3) is 5.91 Å². The molecule has 1 aromatic rings. The Morgan fingerprint density at radius 3 is 2.68 bits per heavy atom. The van der Waals surface area contributed by atoms with Crippen molar-refractivity contribution < 1.29 is 4.79 Å². The van der Waals surface area contributed by atoms with Gasteiger partial charge in [-0.25, -0.2) is 0 Å². The number of hydrogen-bond acceptors (Lipinski definition) is 2. The lowest BCUT2D eigenvalue weighted by Gasteiger charge is -2.29. The van der Waals surface area contributed by atoms with E-state index in [9.17, 15) is 4.79 Å². The molecule has 1 amide bonds. The second kappa shape index (κ2) is 5.14. The molecule has 1 aromatic carbocycles. The molecule has 0 saturated carbocycles. The van der Waals surface area contributed by atoms with Crippen molar-refractivity contribution in [3.8, 4) is 0 Å². The molecular weight excluding hydrogens is 260 g/mol. The summed E-state index contributed by atoms with van der Waals surface area (Å²) < 4.78 is 0. The Bertz CT molecular complexity index is 491. The number of hydrogen-bond donors (Lipinski definition) is 2. The third kappa shape index (κ3) is 2.63. The highest BCUT2D eigenvalue weighted by molar-refractivity contribution is 6.31. The summed E-state index contributed by atoms with van der Waals surface area (Å²) in [6, 6.07) is 6.96. The van der Waals surface area contributed by atoms with Crippen molar-refractivity contribution in [3.63, 3.8) is 0 Å². The molecule has 2 atom stereocenters. The van der Waals surface area contributed by atoms with Gasteiger partial charge in [0.05, 0.1) is 0 Å². The van der Waals surface area contributed by atoms with E-state index in [-0.39, 0.29) is 5.91 Å². The van der Waals surface area contributed by atoms with Gasteiger partial charge in [0.2, 0.25) is 0 Å². The number of halogens is 1. The molecule has 2 saturated heterocycles. The SMILES string of the molecule is Cc1c(Cl)cccc1C(=O)NC1CC2CCC(C1)N2. The summed E-state index contributed by atoms with van der Waals surface area (Å²) in [7, 11) is 0. The van der Waals surface area contributed by atoms with Gasteiger partial charge in [-0.15, -0.1) is 0 Å². The zero-order chi connectivity index (χ0) is 13.4. The third-order valence-corrected chi connectivity index (χ3v) is 4.73. The van der Waals surface area contributed by atoms with Crippen molar-refractivity contribution in [3.05, 3.63) is 34.3 Å². The summed E-state index contributed by atoms with van der Waals surface area (Å²) in [6.45, 7) is 1.89. The van der Waals surface area contributed by atoms with E-state index in [4.69, 9.17) is 11.6 Å². The Morgan fingerprint density at radius 2 is 2.00 bits per heavy atom. The smallest absolute Gasteiger partial charge is 0.251 e. The predicted molar refractivity (Wildman–Crippen MR) is 76.6 cm³/mol. The first-order valence-corrected chi connectivity index (χ1v) is 7.33. The summed E-state index contributed by atoms with van der Waals surface area (Å²) in [5.41, 5.74) is 1.55. The highest BCUT2D eigenvalue weighted by Gasteiger charge is 2.34. The molecule has 0 aliphatic carbocycles. The summed E-state index contributed by atoms with van der Waals surface area (Å²) >= 11 is 6.07. The molecule has 4 heteroatoms. The van der Waals surface area contributed by atoms with Crippen LogP contribution in [-0.4, -0.2) is 24.0 Å². The average molecular weight is 279 g/mol. The van der Waals surface area contributed by atoms with Gasteiger partial charge in [0.15, 0.2) is 0 Å². The number of carbonyl (C=O) groups is 1. The highest BCUT2D eigenvalue weighted by atomic mass is 35.5. The van der Waals surface area contributed by atoms with Crippen LogP contribution in [0.15, 0.2) is 18.2 Å². The molecule has 0 spiro atoms. The van der Waals surface area contributed by atoms with E-state index >= 15 is 0 Å². The first-order chi connectivity index (χ1) is 9.13. The normalized spacial score (nSPS) is 29.3. The van der Waals surface area contributed by atoms with E-state index < -0.39 is 0 Å². The quantitative estimate of drug-likeness (QED) is 0.873. The lowest BCUT2D eigenvalue weighted by Crippen LogP contribution is -2.48. The van der Waals surface area contributed by atoms with Crippen LogP contribution in [0, 0.1) is 6.92 Å². The van der Waals surface area contributed by atoms with Crippen molar-refractivity contribution >= 4 is 17.5 Å². The van der Waals surface area contributed by atoms with Gasteiger partial charge in [0, 0.05) is 28.7 Å². The number of rotatable bonds is 2. The standard InChI is InChI=1S/C15H19ClN2O/c1-9-13(3-2-4-14(9)16)15(19)18-12-7-10-5-6-11(8-12)17-10/h2-4,10-12,17H,5-8H2,1H3,(H,18,19). The van der Waals surface area contributed by atoms with Crippen LogP contribution < -0.4 is 10.6 Å². The maximum absolute atomic E-state index is 12.3. The molecule has 2 unspecified atom stereocenters. The van der Waals surface area contributed by atoms with Gasteiger partial charge in [0.1, 0.15) is 0 Å². The Balaban J connectivity index is 1.70. The van der Waals surface area contributed by atoms with Gasteiger partial charge in [-0.2, -0.15) is 0 Å². The molecule has 3 nitrogen and oxygen atoms in total. The van der Waals surface area contributed by atoms with Gasteiger partial charge < -0.3 is 10.6 Å². The fraction of sp³-hybridized carbons (Fsp3) is 0.533. The lowest BCUT2D eigenvalue weighted by atomic mass is 9.99. The summed E-state index contributed by atoms with van der Waals surface area (Å²) in [5.74, 6) is 0.00583. The van der Waals surface area contributed by atoms with Gasteiger partial charge in [-0.3, -0.25) is 4.79 Å².